The van der Waals surface area contributed by atoms with Crippen molar-refractivity contribution in [1.82, 2.24) is 5.32 Å². The molecule has 3 nitrogen and oxygen atoms in total. The van der Waals surface area contributed by atoms with Gasteiger partial charge in [-0.1, -0.05) is 24.3 Å². The highest BCUT2D eigenvalue weighted by atomic mass is 16.5. The third-order valence-corrected chi connectivity index (χ3v) is 3.55. The normalized spacial score (nSPS) is 16.5. The Bertz CT molecular complexity index is 397. The van der Waals surface area contributed by atoms with Crippen LogP contribution in [0.15, 0.2) is 24.3 Å². The molecule has 1 heterocycles. The lowest BCUT2D eigenvalue weighted by atomic mass is 9.96. The van der Waals surface area contributed by atoms with E-state index in [1.165, 1.54) is 11.1 Å². The molecule has 0 bridgehead atoms. The van der Waals surface area contributed by atoms with Crippen LogP contribution < -0.4 is 5.32 Å². The number of carbonyl (C=O) groups is 1. The van der Waals surface area contributed by atoms with Crippen molar-refractivity contribution in [3.63, 3.8) is 0 Å². The lowest BCUT2D eigenvalue weighted by molar-refractivity contribution is -0.122. The average molecular weight is 247 g/mol. The molecule has 2 rings (SSSR count). The van der Waals surface area contributed by atoms with E-state index in [9.17, 15) is 4.79 Å². The Morgan fingerprint density at radius 1 is 1.33 bits per heavy atom. The van der Waals surface area contributed by atoms with E-state index in [2.05, 4.69) is 24.4 Å². The van der Waals surface area contributed by atoms with Gasteiger partial charge in [-0.2, -0.15) is 0 Å². The van der Waals surface area contributed by atoms with Crippen LogP contribution in [0.3, 0.4) is 0 Å². The zero-order chi connectivity index (χ0) is 12.8. The third kappa shape index (κ3) is 3.84. The number of amides is 1. The van der Waals surface area contributed by atoms with Crippen LogP contribution in [0.4, 0.5) is 0 Å². The fourth-order valence-corrected chi connectivity index (χ4v) is 2.29. The van der Waals surface area contributed by atoms with E-state index in [1.54, 1.807) is 0 Å². The van der Waals surface area contributed by atoms with Crippen LogP contribution in [0.25, 0.3) is 0 Å². The number of carbonyl (C=O) groups excluding carboxylic acids is 1. The first kappa shape index (κ1) is 13.1. The van der Waals surface area contributed by atoms with Crippen LogP contribution in [-0.2, 0) is 16.1 Å². The summed E-state index contributed by atoms with van der Waals surface area (Å²) in [6, 6.07) is 8.15. The highest BCUT2D eigenvalue weighted by Crippen LogP contribution is 2.18. The van der Waals surface area contributed by atoms with Crippen LogP contribution in [-0.4, -0.2) is 19.1 Å². The SMILES string of the molecule is Cc1ccccc1CNC(=O)CC1CCOCC1. The van der Waals surface area contributed by atoms with E-state index < -0.39 is 0 Å². The summed E-state index contributed by atoms with van der Waals surface area (Å²) < 4.78 is 5.29. The third-order valence-electron chi connectivity index (χ3n) is 3.55. The Morgan fingerprint density at radius 2 is 2.06 bits per heavy atom. The number of nitrogens with one attached hydrogen (secondary N) is 1. The van der Waals surface area contributed by atoms with Gasteiger partial charge < -0.3 is 10.1 Å². The Kier molecular flexibility index (Phi) is 4.76. The molecule has 0 radical (unpaired) electrons. The molecule has 1 aliphatic rings. The van der Waals surface area contributed by atoms with Gasteiger partial charge in [0, 0.05) is 26.2 Å². The molecule has 1 saturated heterocycles. The Labute approximate surface area is 109 Å². The number of rotatable bonds is 4. The Balaban J connectivity index is 1.76. The first-order valence-electron chi connectivity index (χ1n) is 6.64. The second-order valence-electron chi connectivity index (χ2n) is 4.96. The van der Waals surface area contributed by atoms with Gasteiger partial charge in [0.1, 0.15) is 0 Å². The molecule has 0 spiro atoms. The predicted molar refractivity (Wildman–Crippen MR) is 71.2 cm³/mol. The van der Waals surface area contributed by atoms with Crippen molar-refractivity contribution < 1.29 is 9.53 Å². The molecule has 1 aromatic rings. The van der Waals surface area contributed by atoms with Gasteiger partial charge in [0.2, 0.25) is 5.91 Å². The van der Waals surface area contributed by atoms with Gasteiger partial charge in [0.05, 0.1) is 0 Å². The van der Waals surface area contributed by atoms with E-state index in [4.69, 9.17) is 4.74 Å². The van der Waals surface area contributed by atoms with E-state index in [-0.39, 0.29) is 5.91 Å². The molecule has 0 saturated carbocycles. The Hall–Kier alpha value is -1.35. The number of aryl methyl sites for hydroxylation is 1. The molecular formula is C15H21NO2. The molecule has 1 aromatic carbocycles. The zero-order valence-corrected chi connectivity index (χ0v) is 10.9. The molecule has 0 atom stereocenters. The molecule has 18 heavy (non-hydrogen) atoms. The summed E-state index contributed by atoms with van der Waals surface area (Å²) in [5.41, 5.74) is 2.42. The first-order valence-corrected chi connectivity index (χ1v) is 6.64. The molecular weight excluding hydrogens is 226 g/mol. The highest BCUT2D eigenvalue weighted by Gasteiger charge is 2.17. The van der Waals surface area contributed by atoms with Crippen molar-refractivity contribution in [3.05, 3.63) is 35.4 Å². The van der Waals surface area contributed by atoms with Gasteiger partial charge >= 0.3 is 0 Å². The molecule has 1 aliphatic heterocycles. The molecule has 1 N–H and O–H groups in total. The van der Waals surface area contributed by atoms with Crippen LogP contribution in [0.2, 0.25) is 0 Å². The summed E-state index contributed by atoms with van der Waals surface area (Å²) in [5, 5.41) is 3.01. The second kappa shape index (κ2) is 6.55. The quantitative estimate of drug-likeness (QED) is 0.887. The fourth-order valence-electron chi connectivity index (χ4n) is 2.29. The lowest BCUT2D eigenvalue weighted by Gasteiger charge is -2.21. The van der Waals surface area contributed by atoms with Gasteiger partial charge in [0.25, 0.3) is 0 Å². The van der Waals surface area contributed by atoms with Gasteiger partial charge in [-0.3, -0.25) is 4.79 Å². The summed E-state index contributed by atoms with van der Waals surface area (Å²) in [7, 11) is 0. The molecule has 0 unspecified atom stereocenters. The average Bonchev–Trinajstić information content (AvgIpc) is 2.39. The fraction of sp³-hybridized carbons (Fsp3) is 0.533. The minimum atomic E-state index is 0.158. The monoisotopic (exact) mass is 247 g/mol. The number of ether oxygens (including phenoxy) is 1. The predicted octanol–water partition coefficient (Wildman–Crippen LogP) is 2.43. The van der Waals surface area contributed by atoms with Crippen molar-refractivity contribution in [2.45, 2.75) is 32.7 Å². The molecule has 0 aliphatic carbocycles. The maximum Gasteiger partial charge on any atom is 0.220 e. The summed E-state index contributed by atoms with van der Waals surface area (Å²) in [6.45, 7) is 4.31. The molecule has 98 valence electrons. The van der Waals surface area contributed by atoms with Crippen molar-refractivity contribution in [3.8, 4) is 0 Å². The van der Waals surface area contributed by atoms with Gasteiger partial charge in [-0.05, 0) is 36.8 Å². The van der Waals surface area contributed by atoms with E-state index in [1.807, 2.05) is 12.1 Å². The maximum atomic E-state index is 11.8. The van der Waals surface area contributed by atoms with Gasteiger partial charge in [0.15, 0.2) is 0 Å². The van der Waals surface area contributed by atoms with E-state index in [0.717, 1.165) is 26.1 Å². The van der Waals surface area contributed by atoms with Crippen LogP contribution in [0.5, 0.6) is 0 Å². The van der Waals surface area contributed by atoms with Crippen LogP contribution in [0.1, 0.15) is 30.4 Å². The maximum absolute atomic E-state index is 11.8. The lowest BCUT2D eigenvalue weighted by Crippen LogP contribution is -2.27. The van der Waals surface area contributed by atoms with E-state index >= 15 is 0 Å². The number of benzene rings is 1. The molecule has 1 fully saturated rings. The second-order valence-corrected chi connectivity index (χ2v) is 4.96. The molecule has 3 heteroatoms. The molecule has 0 aromatic heterocycles. The minimum Gasteiger partial charge on any atom is -0.381 e. The number of hydrogen-bond donors (Lipinski definition) is 1. The largest absolute Gasteiger partial charge is 0.381 e. The van der Waals surface area contributed by atoms with Crippen LogP contribution >= 0.6 is 0 Å². The summed E-state index contributed by atoms with van der Waals surface area (Å²) in [4.78, 5) is 11.8. The van der Waals surface area contributed by atoms with Crippen LogP contribution in [0, 0.1) is 12.8 Å². The van der Waals surface area contributed by atoms with Gasteiger partial charge in [-0.25, -0.2) is 0 Å². The van der Waals surface area contributed by atoms with Crippen molar-refractivity contribution in [2.75, 3.05) is 13.2 Å². The zero-order valence-electron chi connectivity index (χ0n) is 10.9. The van der Waals surface area contributed by atoms with Crippen molar-refractivity contribution in [2.24, 2.45) is 5.92 Å². The van der Waals surface area contributed by atoms with Crippen molar-refractivity contribution in [1.29, 1.82) is 0 Å². The highest BCUT2D eigenvalue weighted by molar-refractivity contribution is 5.76. The summed E-state index contributed by atoms with van der Waals surface area (Å²) in [5.74, 6) is 0.653. The first-order chi connectivity index (χ1) is 8.75. The van der Waals surface area contributed by atoms with Crippen molar-refractivity contribution >= 4 is 5.91 Å². The smallest absolute Gasteiger partial charge is 0.220 e. The number of hydrogen-bond acceptors (Lipinski definition) is 2. The van der Waals surface area contributed by atoms with E-state index in [0.29, 0.717) is 18.9 Å². The topological polar surface area (TPSA) is 38.3 Å². The summed E-state index contributed by atoms with van der Waals surface area (Å²) in [6.07, 6.45) is 2.66. The summed E-state index contributed by atoms with van der Waals surface area (Å²) >= 11 is 0. The Morgan fingerprint density at radius 3 is 2.78 bits per heavy atom. The standard InChI is InChI=1S/C15H21NO2/c1-12-4-2-3-5-14(12)11-16-15(17)10-13-6-8-18-9-7-13/h2-5,13H,6-11H2,1H3,(H,16,17). The minimum absolute atomic E-state index is 0.158. The molecule has 1 amide bonds. The van der Waals surface area contributed by atoms with Gasteiger partial charge in [-0.15, -0.1) is 0 Å².